The number of benzene rings is 3. The Morgan fingerprint density at radius 2 is 1.32 bits per heavy atom. The molecule has 7 rings (SSSR count). The predicted molar refractivity (Wildman–Crippen MR) is 241 cm³/mol. The van der Waals surface area contributed by atoms with E-state index in [0.717, 1.165) is 4.90 Å². The molecule has 4 aromatic rings. The lowest BCUT2D eigenvalue weighted by molar-refractivity contribution is -0.138. The van der Waals surface area contributed by atoms with E-state index in [4.69, 9.17) is 28.4 Å². The van der Waals surface area contributed by atoms with E-state index >= 15 is 0 Å². The van der Waals surface area contributed by atoms with Crippen molar-refractivity contribution in [3.63, 3.8) is 0 Å². The molecule has 3 aliphatic rings. The fourth-order valence-electron chi connectivity index (χ4n) is 7.95. The zero-order chi connectivity index (χ0) is 47.8. The molecule has 3 aromatic carbocycles. The molecule has 3 N–H and O–H groups in total. The van der Waals surface area contributed by atoms with Crippen molar-refractivity contribution in [2.24, 2.45) is 0 Å². The van der Waals surface area contributed by atoms with E-state index in [2.05, 4.69) is 20.8 Å². The number of fused-ring (bicyclic) bond motifs is 2. The van der Waals surface area contributed by atoms with Crippen molar-refractivity contribution in [2.45, 2.75) is 25.3 Å². The number of imide groups is 2. The Balaban J connectivity index is 0.654. The van der Waals surface area contributed by atoms with Crippen molar-refractivity contribution in [3.8, 4) is 0 Å². The van der Waals surface area contributed by atoms with Gasteiger partial charge in [-0.05, 0) is 42.3 Å². The van der Waals surface area contributed by atoms with Gasteiger partial charge in [-0.3, -0.25) is 43.8 Å². The smallest absolute Gasteiger partial charge is 0.272 e. The number of hydrogen-bond acceptors (Lipinski definition) is 15. The van der Waals surface area contributed by atoms with E-state index in [1.54, 1.807) is 41.3 Å². The number of piperazine rings is 1. The summed E-state index contributed by atoms with van der Waals surface area (Å²) in [6, 6.07) is 15.3. The van der Waals surface area contributed by atoms with Crippen LogP contribution in [0.3, 0.4) is 0 Å². The van der Waals surface area contributed by atoms with Crippen LogP contribution in [-0.2, 0) is 49.2 Å². The summed E-state index contributed by atoms with van der Waals surface area (Å²) in [6.07, 6.45) is 0.421. The molecular formula is C47H54FN7O13. The first-order valence-corrected chi connectivity index (χ1v) is 22.5. The van der Waals surface area contributed by atoms with Gasteiger partial charge in [0.15, 0.2) is 0 Å². The number of H-pyrrole nitrogens is 1. The highest BCUT2D eigenvalue weighted by molar-refractivity contribution is 6.25. The molecule has 4 heterocycles. The Labute approximate surface area is 390 Å². The SMILES string of the molecule is O=C1CCC(N2C(=O)c3cccc(NCCOCCOCCOCCOCCOCCOCC(=O)N4CCN(C(=O)c5cc(Cc6n[nH]c(=O)c7ccccc67)ccc5F)CC4)c3C2=O)C(=O)N1. The van der Waals surface area contributed by atoms with Crippen LogP contribution >= 0.6 is 0 Å². The van der Waals surface area contributed by atoms with Crippen LogP contribution in [0, 0.1) is 5.82 Å². The maximum Gasteiger partial charge on any atom is 0.272 e. The Morgan fingerprint density at radius 3 is 1.99 bits per heavy atom. The minimum Gasteiger partial charge on any atom is -0.382 e. The van der Waals surface area contributed by atoms with Gasteiger partial charge < -0.3 is 43.5 Å². The summed E-state index contributed by atoms with van der Waals surface area (Å²) < 4.78 is 48.1. The van der Waals surface area contributed by atoms with Crippen molar-refractivity contribution in [1.82, 2.24) is 30.2 Å². The predicted octanol–water partition coefficient (Wildman–Crippen LogP) is 1.55. The fourth-order valence-corrected chi connectivity index (χ4v) is 7.95. The Hall–Kier alpha value is -6.49. The van der Waals surface area contributed by atoms with E-state index in [1.807, 2.05) is 6.07 Å². The quantitative estimate of drug-likeness (QED) is 0.0632. The summed E-state index contributed by atoms with van der Waals surface area (Å²) in [5.74, 6) is -3.55. The van der Waals surface area contributed by atoms with Crippen LogP contribution in [0.25, 0.3) is 10.8 Å². The van der Waals surface area contributed by atoms with Gasteiger partial charge in [0.25, 0.3) is 23.3 Å². The molecule has 1 unspecified atom stereocenters. The van der Waals surface area contributed by atoms with Crippen molar-refractivity contribution in [2.75, 3.05) is 117 Å². The third-order valence-corrected chi connectivity index (χ3v) is 11.4. The lowest BCUT2D eigenvalue weighted by atomic mass is 10.0. The van der Waals surface area contributed by atoms with Gasteiger partial charge in [0, 0.05) is 56.6 Å². The number of carbonyl (C=O) groups is 6. The van der Waals surface area contributed by atoms with Gasteiger partial charge in [-0.15, -0.1) is 0 Å². The second-order valence-corrected chi connectivity index (χ2v) is 15.9. The molecule has 68 heavy (non-hydrogen) atoms. The van der Waals surface area contributed by atoms with Gasteiger partial charge in [0.1, 0.15) is 18.5 Å². The lowest BCUT2D eigenvalue weighted by Crippen LogP contribution is -2.54. The molecule has 1 atom stereocenters. The molecule has 20 nitrogen and oxygen atoms in total. The van der Waals surface area contributed by atoms with Gasteiger partial charge in [-0.25, -0.2) is 9.49 Å². The number of halogens is 1. The summed E-state index contributed by atoms with van der Waals surface area (Å²) in [6.45, 7) is 4.96. The first-order valence-electron chi connectivity index (χ1n) is 22.5. The summed E-state index contributed by atoms with van der Waals surface area (Å²) in [5.41, 5.74) is 1.75. The van der Waals surface area contributed by atoms with E-state index in [1.165, 1.54) is 23.1 Å². The maximum absolute atomic E-state index is 14.9. The van der Waals surface area contributed by atoms with Gasteiger partial charge in [0.05, 0.1) is 100 Å². The van der Waals surface area contributed by atoms with Crippen LogP contribution in [0.15, 0.2) is 65.5 Å². The monoisotopic (exact) mass is 943 g/mol. The number of rotatable bonds is 25. The van der Waals surface area contributed by atoms with Crippen molar-refractivity contribution >= 4 is 51.9 Å². The zero-order valence-electron chi connectivity index (χ0n) is 37.5. The minimum atomic E-state index is -1.03. The molecule has 0 radical (unpaired) electrons. The number of hydrogen-bond donors (Lipinski definition) is 3. The summed E-state index contributed by atoms with van der Waals surface area (Å²) in [7, 11) is 0. The number of nitrogens with zero attached hydrogens (tertiary/aromatic N) is 4. The molecule has 1 aromatic heterocycles. The number of anilines is 1. The van der Waals surface area contributed by atoms with Crippen molar-refractivity contribution < 1.29 is 61.6 Å². The molecule has 2 fully saturated rings. The molecule has 0 aliphatic carbocycles. The van der Waals surface area contributed by atoms with Crippen molar-refractivity contribution in [1.29, 1.82) is 0 Å². The number of amides is 6. The summed E-state index contributed by atoms with van der Waals surface area (Å²) in [4.78, 5) is 92.4. The number of aromatic amines is 1. The normalized spacial score (nSPS) is 16.1. The largest absolute Gasteiger partial charge is 0.382 e. The number of carbonyl (C=O) groups excluding carboxylic acids is 6. The summed E-state index contributed by atoms with van der Waals surface area (Å²) in [5, 5.41) is 13.2. The molecular weight excluding hydrogens is 890 g/mol. The fraction of sp³-hybridized carbons (Fsp3) is 0.447. The van der Waals surface area contributed by atoms with Gasteiger partial charge >= 0.3 is 0 Å². The number of piperidine rings is 1. The van der Waals surface area contributed by atoms with Crippen LogP contribution in [0.1, 0.15) is 55.2 Å². The third-order valence-electron chi connectivity index (χ3n) is 11.4. The van der Waals surface area contributed by atoms with Crippen molar-refractivity contribution in [3.05, 3.63) is 105 Å². The first kappa shape index (κ1) is 49.4. The Bertz CT molecular complexity index is 2510. The van der Waals surface area contributed by atoms with E-state index < -0.39 is 41.4 Å². The average molecular weight is 944 g/mol. The molecule has 2 saturated heterocycles. The van der Waals surface area contributed by atoms with Gasteiger partial charge in [-0.2, -0.15) is 5.10 Å². The number of ether oxygens (including phenoxy) is 6. The summed E-state index contributed by atoms with van der Waals surface area (Å²) >= 11 is 0. The zero-order valence-corrected chi connectivity index (χ0v) is 37.5. The number of aromatic nitrogens is 2. The van der Waals surface area contributed by atoms with Crippen LogP contribution in [0.2, 0.25) is 0 Å². The third kappa shape index (κ3) is 12.7. The topological polar surface area (TPSA) is 237 Å². The lowest BCUT2D eigenvalue weighted by Gasteiger charge is -2.34. The van der Waals surface area contributed by atoms with Crippen LogP contribution < -0.4 is 16.2 Å². The molecule has 0 bridgehead atoms. The van der Waals surface area contributed by atoms with E-state index in [9.17, 15) is 38.0 Å². The van der Waals surface area contributed by atoms with Gasteiger partial charge in [-0.1, -0.05) is 30.3 Å². The highest BCUT2D eigenvalue weighted by Crippen LogP contribution is 2.32. The highest BCUT2D eigenvalue weighted by atomic mass is 19.1. The minimum absolute atomic E-state index is 0.0489. The van der Waals surface area contributed by atoms with Crippen LogP contribution in [0.4, 0.5) is 10.1 Å². The standard InChI is InChI=1S/C47H54FN7O13/c48-36-9-8-31(29-38-32-4-1-2-5-33(32)43(58)52-51-38)28-35(36)45(60)54-15-13-53(14-16-54)41(57)30-68-27-26-67-25-24-66-23-22-65-21-20-64-19-18-63-17-12-49-37-7-3-6-34-42(37)47(62)55(46(34)61)39-10-11-40(56)50-44(39)59/h1-9,28,39,49H,10-27,29-30H2,(H,52,58)(H,50,56,59). The first-order chi connectivity index (χ1) is 33.1. The van der Waals surface area contributed by atoms with E-state index in [0.29, 0.717) is 93.7 Å². The molecule has 3 aliphatic heterocycles. The maximum atomic E-state index is 14.9. The number of nitrogens with one attached hydrogen (secondary N) is 3. The van der Waals surface area contributed by atoms with Crippen LogP contribution in [-0.4, -0.2) is 178 Å². The molecule has 362 valence electrons. The van der Waals surface area contributed by atoms with Gasteiger partial charge in [0.2, 0.25) is 17.7 Å². The molecule has 0 saturated carbocycles. The second kappa shape index (κ2) is 24.5. The molecule has 6 amide bonds. The second-order valence-electron chi connectivity index (χ2n) is 15.9. The Morgan fingerprint density at radius 1 is 0.706 bits per heavy atom. The van der Waals surface area contributed by atoms with Crippen LogP contribution in [0.5, 0.6) is 0 Å². The molecule has 0 spiro atoms. The van der Waals surface area contributed by atoms with E-state index in [-0.39, 0.29) is 93.4 Å². The molecule has 21 heteroatoms. The Kier molecular flexibility index (Phi) is 17.8. The average Bonchev–Trinajstić information content (AvgIpc) is 3.60. The highest BCUT2D eigenvalue weighted by Gasteiger charge is 2.45.